The molecule has 0 bridgehead atoms. The van der Waals surface area contributed by atoms with Gasteiger partial charge in [0.15, 0.2) is 5.69 Å². The zero-order valence-corrected chi connectivity index (χ0v) is 17.5. The minimum Gasteiger partial charge on any atom is -0.320 e. The average Bonchev–Trinajstić information content (AvgIpc) is 2.75. The SMILES string of the molecule is O=C(Nc1cccc2ccccc12)c1nc(S(=O)(=O)Cc2ccc(F)cc2)ncc1Cl. The number of hydrogen-bond donors (Lipinski definition) is 1. The minimum absolute atomic E-state index is 0.0848. The molecular formula is C22H15ClFN3O3S. The fraction of sp³-hybridized carbons (Fsp3) is 0.0455. The molecule has 0 aliphatic heterocycles. The number of rotatable bonds is 5. The number of aromatic nitrogens is 2. The normalized spacial score (nSPS) is 11.4. The molecule has 0 unspecified atom stereocenters. The van der Waals surface area contributed by atoms with Gasteiger partial charge in [0.05, 0.1) is 17.0 Å². The molecule has 4 rings (SSSR count). The summed E-state index contributed by atoms with van der Waals surface area (Å²) < 4.78 is 38.5. The zero-order chi connectivity index (χ0) is 22.0. The fourth-order valence-corrected chi connectivity index (χ4v) is 4.42. The predicted octanol–water partition coefficient (Wildman–Crippen LogP) is 4.65. The van der Waals surface area contributed by atoms with E-state index in [0.29, 0.717) is 11.3 Å². The molecule has 6 nitrogen and oxygen atoms in total. The van der Waals surface area contributed by atoms with E-state index < -0.39 is 32.5 Å². The number of nitrogens with zero attached hydrogens (tertiary/aromatic N) is 2. The molecule has 4 aromatic rings. The van der Waals surface area contributed by atoms with Gasteiger partial charge in [-0.15, -0.1) is 0 Å². The fourth-order valence-electron chi connectivity index (χ4n) is 3.04. The Hall–Kier alpha value is -3.36. The Bertz CT molecular complexity index is 1390. The molecule has 0 atom stereocenters. The van der Waals surface area contributed by atoms with Crippen LogP contribution in [0.4, 0.5) is 10.1 Å². The van der Waals surface area contributed by atoms with Crippen molar-refractivity contribution in [3.63, 3.8) is 0 Å². The minimum atomic E-state index is -3.99. The number of amides is 1. The third kappa shape index (κ3) is 4.55. The maximum Gasteiger partial charge on any atom is 0.276 e. The monoisotopic (exact) mass is 455 g/mol. The van der Waals surface area contributed by atoms with Gasteiger partial charge in [-0.3, -0.25) is 4.79 Å². The number of sulfone groups is 1. The first-order valence-corrected chi connectivity index (χ1v) is 11.2. The predicted molar refractivity (Wildman–Crippen MR) is 116 cm³/mol. The quantitative estimate of drug-likeness (QED) is 0.442. The van der Waals surface area contributed by atoms with Crippen LogP contribution in [0.3, 0.4) is 0 Å². The van der Waals surface area contributed by atoms with Crippen LogP contribution in [-0.2, 0) is 15.6 Å². The molecule has 1 amide bonds. The van der Waals surface area contributed by atoms with E-state index in [1.54, 1.807) is 12.1 Å². The van der Waals surface area contributed by atoms with Gasteiger partial charge in [-0.05, 0) is 29.1 Å². The Morgan fingerprint density at radius 2 is 1.71 bits per heavy atom. The molecule has 0 saturated carbocycles. The summed E-state index contributed by atoms with van der Waals surface area (Å²) in [6.07, 6.45) is 1.07. The van der Waals surface area contributed by atoms with Crippen LogP contribution in [0, 0.1) is 5.82 Å². The van der Waals surface area contributed by atoms with Crippen LogP contribution in [0.2, 0.25) is 5.02 Å². The molecule has 156 valence electrons. The molecule has 0 spiro atoms. The first-order valence-electron chi connectivity index (χ1n) is 9.12. The maximum atomic E-state index is 13.1. The summed E-state index contributed by atoms with van der Waals surface area (Å²) in [5.74, 6) is -1.59. The molecular weight excluding hydrogens is 441 g/mol. The molecule has 0 aliphatic carbocycles. The summed E-state index contributed by atoms with van der Waals surface area (Å²) in [4.78, 5) is 20.5. The van der Waals surface area contributed by atoms with Crippen LogP contribution >= 0.6 is 11.6 Å². The third-order valence-corrected chi connectivity index (χ3v) is 6.27. The van der Waals surface area contributed by atoms with Crippen LogP contribution in [-0.4, -0.2) is 24.3 Å². The van der Waals surface area contributed by atoms with E-state index in [1.165, 1.54) is 12.1 Å². The Morgan fingerprint density at radius 3 is 2.48 bits per heavy atom. The van der Waals surface area contributed by atoms with Crippen LogP contribution in [0.25, 0.3) is 10.8 Å². The summed E-state index contributed by atoms with van der Waals surface area (Å²) in [7, 11) is -3.99. The Morgan fingerprint density at radius 1 is 1.00 bits per heavy atom. The highest BCUT2D eigenvalue weighted by atomic mass is 35.5. The van der Waals surface area contributed by atoms with E-state index in [4.69, 9.17) is 11.6 Å². The van der Waals surface area contributed by atoms with E-state index in [9.17, 15) is 17.6 Å². The largest absolute Gasteiger partial charge is 0.320 e. The van der Waals surface area contributed by atoms with Gasteiger partial charge in [0, 0.05) is 11.1 Å². The first-order chi connectivity index (χ1) is 14.8. The van der Waals surface area contributed by atoms with Crippen molar-refractivity contribution >= 4 is 43.8 Å². The maximum absolute atomic E-state index is 13.1. The molecule has 0 fully saturated rings. The van der Waals surface area contributed by atoms with Crippen molar-refractivity contribution in [1.82, 2.24) is 9.97 Å². The summed E-state index contributed by atoms with van der Waals surface area (Å²) in [6.45, 7) is 0. The standard InChI is InChI=1S/C22H15ClFN3O3S/c23-18-12-25-22(31(29,30)13-14-8-10-16(24)11-9-14)27-20(18)21(28)26-19-7-3-5-15-4-1-2-6-17(15)19/h1-12H,13H2,(H,26,28). The number of carbonyl (C=O) groups excluding carboxylic acids is 1. The highest BCUT2D eigenvalue weighted by Crippen LogP contribution is 2.25. The molecule has 3 aromatic carbocycles. The lowest BCUT2D eigenvalue weighted by Gasteiger charge is -2.10. The Balaban J connectivity index is 1.64. The van der Waals surface area contributed by atoms with E-state index >= 15 is 0 Å². The van der Waals surface area contributed by atoms with Crippen molar-refractivity contribution in [1.29, 1.82) is 0 Å². The van der Waals surface area contributed by atoms with Crippen molar-refractivity contribution < 1.29 is 17.6 Å². The molecule has 0 aliphatic rings. The highest BCUT2D eigenvalue weighted by molar-refractivity contribution is 7.90. The summed E-state index contributed by atoms with van der Waals surface area (Å²) in [5.41, 5.74) is 0.637. The summed E-state index contributed by atoms with van der Waals surface area (Å²) in [6, 6.07) is 17.9. The Labute approximate surface area is 182 Å². The van der Waals surface area contributed by atoms with Crippen molar-refractivity contribution in [3.05, 3.63) is 95.0 Å². The van der Waals surface area contributed by atoms with Crippen LogP contribution in [0.1, 0.15) is 16.1 Å². The first kappa shape index (κ1) is 20.9. The Kier molecular flexibility index (Phi) is 5.67. The molecule has 0 saturated heterocycles. The molecule has 1 N–H and O–H groups in total. The van der Waals surface area contributed by atoms with Gasteiger partial charge in [0.2, 0.25) is 15.0 Å². The van der Waals surface area contributed by atoms with Crippen molar-refractivity contribution in [2.75, 3.05) is 5.32 Å². The molecule has 1 heterocycles. The van der Waals surface area contributed by atoms with Gasteiger partial charge >= 0.3 is 0 Å². The number of anilines is 1. The number of fused-ring (bicyclic) bond motifs is 1. The van der Waals surface area contributed by atoms with E-state index in [-0.39, 0.29) is 10.7 Å². The lowest BCUT2D eigenvalue weighted by Crippen LogP contribution is -2.18. The smallest absolute Gasteiger partial charge is 0.276 e. The van der Waals surface area contributed by atoms with Gasteiger partial charge in [0.1, 0.15) is 5.82 Å². The molecule has 9 heteroatoms. The number of benzene rings is 3. The van der Waals surface area contributed by atoms with Gasteiger partial charge < -0.3 is 5.32 Å². The lowest BCUT2D eigenvalue weighted by atomic mass is 10.1. The average molecular weight is 456 g/mol. The third-order valence-electron chi connectivity index (χ3n) is 4.52. The van der Waals surface area contributed by atoms with E-state index in [1.807, 2.05) is 30.3 Å². The second kappa shape index (κ2) is 8.41. The van der Waals surface area contributed by atoms with Gasteiger partial charge in [0.25, 0.3) is 5.91 Å². The zero-order valence-electron chi connectivity index (χ0n) is 15.9. The van der Waals surface area contributed by atoms with Crippen molar-refractivity contribution in [2.24, 2.45) is 0 Å². The second-order valence-electron chi connectivity index (χ2n) is 6.72. The van der Waals surface area contributed by atoms with Gasteiger partial charge in [-0.1, -0.05) is 60.1 Å². The van der Waals surface area contributed by atoms with Crippen LogP contribution in [0.5, 0.6) is 0 Å². The summed E-state index contributed by atoms with van der Waals surface area (Å²) in [5, 5.41) is 3.84. The summed E-state index contributed by atoms with van der Waals surface area (Å²) >= 11 is 6.08. The molecule has 1 aromatic heterocycles. The van der Waals surface area contributed by atoms with E-state index in [2.05, 4.69) is 15.3 Å². The van der Waals surface area contributed by atoms with Gasteiger partial charge in [-0.2, -0.15) is 0 Å². The van der Waals surface area contributed by atoms with Crippen molar-refractivity contribution in [3.8, 4) is 0 Å². The highest BCUT2D eigenvalue weighted by Gasteiger charge is 2.23. The topological polar surface area (TPSA) is 89.0 Å². The molecule has 0 radical (unpaired) electrons. The van der Waals surface area contributed by atoms with Crippen LogP contribution in [0.15, 0.2) is 78.1 Å². The van der Waals surface area contributed by atoms with Crippen LogP contribution < -0.4 is 5.32 Å². The van der Waals surface area contributed by atoms with Crippen molar-refractivity contribution in [2.45, 2.75) is 10.9 Å². The van der Waals surface area contributed by atoms with Gasteiger partial charge in [-0.25, -0.2) is 22.8 Å². The number of nitrogens with one attached hydrogen (secondary N) is 1. The second-order valence-corrected chi connectivity index (χ2v) is 9.01. The molecule has 31 heavy (non-hydrogen) atoms. The number of halogens is 2. The number of carbonyl (C=O) groups is 1. The van der Waals surface area contributed by atoms with E-state index in [0.717, 1.165) is 29.1 Å². The number of hydrogen-bond acceptors (Lipinski definition) is 5. The lowest BCUT2D eigenvalue weighted by molar-refractivity contribution is 0.102.